The Hall–Kier alpha value is -1.61. The van der Waals surface area contributed by atoms with E-state index in [-0.39, 0.29) is 5.82 Å². The van der Waals surface area contributed by atoms with Crippen molar-refractivity contribution in [3.8, 4) is 0 Å². The molecular formula is C12H11FO2. The highest BCUT2D eigenvalue weighted by Crippen LogP contribution is 2.23. The molecule has 0 unspecified atom stereocenters. The van der Waals surface area contributed by atoms with E-state index >= 15 is 0 Å². The molecule has 78 valence electrons. The molecule has 0 aliphatic heterocycles. The normalized spacial score (nSPS) is 12.7. The van der Waals surface area contributed by atoms with Crippen LogP contribution in [0.2, 0.25) is 0 Å². The summed E-state index contributed by atoms with van der Waals surface area (Å²) in [5, 5.41) is 9.84. The average molecular weight is 206 g/mol. The lowest BCUT2D eigenvalue weighted by atomic mass is 10.1. The first-order valence-corrected chi connectivity index (χ1v) is 4.66. The molecule has 0 aliphatic rings. The number of hydrogen-bond donors (Lipinski definition) is 1. The summed E-state index contributed by atoms with van der Waals surface area (Å²) in [6.07, 6.45) is 0.568. The predicted molar refractivity (Wildman–Crippen MR) is 53.9 cm³/mol. The maximum Gasteiger partial charge on any atom is 0.137 e. The summed E-state index contributed by atoms with van der Waals surface area (Å²) in [4.78, 5) is 0. The maximum absolute atomic E-state index is 13.2. The molecule has 2 aromatic rings. The van der Waals surface area contributed by atoms with E-state index in [9.17, 15) is 9.50 Å². The Labute approximate surface area is 87.0 Å². The summed E-state index contributed by atoms with van der Waals surface area (Å²) < 4.78 is 18.3. The molecule has 2 rings (SSSR count). The van der Waals surface area contributed by atoms with Gasteiger partial charge in [0, 0.05) is 0 Å². The largest absolute Gasteiger partial charge is 0.466 e. The van der Waals surface area contributed by atoms with Crippen LogP contribution in [0.1, 0.15) is 23.0 Å². The quantitative estimate of drug-likeness (QED) is 0.819. The molecule has 1 atom stereocenters. The van der Waals surface area contributed by atoms with Gasteiger partial charge >= 0.3 is 0 Å². The molecule has 0 saturated carbocycles. The number of aliphatic hydroxyl groups excluding tert-OH is 1. The molecule has 3 heteroatoms. The average Bonchev–Trinajstić information content (AvgIpc) is 2.74. The van der Waals surface area contributed by atoms with E-state index in [1.54, 1.807) is 31.2 Å². The topological polar surface area (TPSA) is 33.4 Å². The van der Waals surface area contributed by atoms with Crippen molar-refractivity contribution < 1.29 is 13.9 Å². The summed E-state index contributed by atoms with van der Waals surface area (Å²) >= 11 is 0. The van der Waals surface area contributed by atoms with E-state index in [0.717, 1.165) is 0 Å². The monoisotopic (exact) mass is 206 g/mol. The van der Waals surface area contributed by atoms with E-state index in [2.05, 4.69) is 0 Å². The molecule has 15 heavy (non-hydrogen) atoms. The lowest BCUT2D eigenvalue weighted by Gasteiger charge is -2.08. The van der Waals surface area contributed by atoms with Crippen molar-refractivity contribution in [1.82, 2.24) is 0 Å². The molecule has 0 saturated heterocycles. The molecule has 0 aliphatic carbocycles. The highest BCUT2D eigenvalue weighted by molar-refractivity contribution is 5.28. The van der Waals surface area contributed by atoms with Crippen LogP contribution in [0.4, 0.5) is 4.39 Å². The minimum Gasteiger partial charge on any atom is -0.466 e. The van der Waals surface area contributed by atoms with Gasteiger partial charge in [-0.3, -0.25) is 0 Å². The molecule has 0 spiro atoms. The van der Waals surface area contributed by atoms with Crippen LogP contribution in [0.3, 0.4) is 0 Å². The van der Waals surface area contributed by atoms with Gasteiger partial charge in [-0.1, -0.05) is 12.1 Å². The molecule has 1 aromatic carbocycles. The van der Waals surface area contributed by atoms with E-state index in [1.807, 2.05) is 0 Å². The zero-order valence-corrected chi connectivity index (χ0v) is 8.27. The summed E-state index contributed by atoms with van der Waals surface area (Å²) in [5.41, 5.74) is 1.05. The van der Waals surface area contributed by atoms with E-state index < -0.39 is 6.10 Å². The Morgan fingerprint density at radius 2 is 2.13 bits per heavy atom. The number of furan rings is 1. The first-order chi connectivity index (χ1) is 7.18. The van der Waals surface area contributed by atoms with Crippen molar-refractivity contribution in [3.63, 3.8) is 0 Å². The van der Waals surface area contributed by atoms with Gasteiger partial charge in [0.05, 0.1) is 6.26 Å². The van der Waals surface area contributed by atoms with E-state index in [1.165, 1.54) is 12.3 Å². The van der Waals surface area contributed by atoms with Crippen LogP contribution >= 0.6 is 0 Å². The fourth-order valence-corrected chi connectivity index (χ4v) is 1.39. The Morgan fingerprint density at radius 1 is 1.33 bits per heavy atom. The summed E-state index contributed by atoms with van der Waals surface area (Å²) in [5.74, 6) is 0.0939. The Morgan fingerprint density at radius 3 is 2.73 bits per heavy atom. The van der Waals surface area contributed by atoms with Crippen molar-refractivity contribution in [1.29, 1.82) is 0 Å². The van der Waals surface area contributed by atoms with Crippen LogP contribution in [-0.2, 0) is 0 Å². The van der Waals surface area contributed by atoms with Crippen LogP contribution in [-0.4, -0.2) is 5.11 Å². The van der Waals surface area contributed by atoms with Gasteiger partial charge in [-0.25, -0.2) is 4.39 Å². The third-order valence-electron chi connectivity index (χ3n) is 2.32. The summed E-state index contributed by atoms with van der Waals surface area (Å²) in [7, 11) is 0. The van der Waals surface area contributed by atoms with Crippen LogP contribution in [0.25, 0.3) is 0 Å². The molecule has 0 radical (unpaired) electrons. The van der Waals surface area contributed by atoms with Crippen molar-refractivity contribution >= 4 is 0 Å². The summed E-state index contributed by atoms with van der Waals surface area (Å²) in [6, 6.07) is 7.98. The van der Waals surface area contributed by atoms with Crippen LogP contribution in [0, 0.1) is 12.7 Å². The standard InChI is InChI=1S/C12H11FO2/c1-8-4-5-9(7-10(8)13)12(14)11-3-2-6-15-11/h2-7,12,14H,1H3/t12-/m1/s1. The zero-order chi connectivity index (χ0) is 10.8. The number of halogens is 1. The fraction of sp³-hybridized carbons (Fsp3) is 0.167. The molecule has 0 bridgehead atoms. The lowest BCUT2D eigenvalue weighted by molar-refractivity contribution is 0.189. The van der Waals surface area contributed by atoms with Crippen molar-refractivity contribution in [2.45, 2.75) is 13.0 Å². The highest BCUT2D eigenvalue weighted by atomic mass is 19.1. The van der Waals surface area contributed by atoms with Gasteiger partial charge in [0.25, 0.3) is 0 Å². The zero-order valence-electron chi connectivity index (χ0n) is 8.27. The number of rotatable bonds is 2. The van der Waals surface area contributed by atoms with Crippen LogP contribution < -0.4 is 0 Å². The number of aryl methyl sites for hydroxylation is 1. The lowest BCUT2D eigenvalue weighted by Crippen LogP contribution is -1.99. The van der Waals surface area contributed by atoms with Gasteiger partial charge in [0.1, 0.15) is 17.7 Å². The van der Waals surface area contributed by atoms with Gasteiger partial charge in [0.15, 0.2) is 0 Å². The third-order valence-corrected chi connectivity index (χ3v) is 2.32. The van der Waals surface area contributed by atoms with Crippen molar-refractivity contribution in [2.75, 3.05) is 0 Å². The fourth-order valence-electron chi connectivity index (χ4n) is 1.39. The van der Waals surface area contributed by atoms with Gasteiger partial charge in [0.2, 0.25) is 0 Å². The Kier molecular flexibility index (Phi) is 2.56. The molecule has 1 aromatic heterocycles. The number of aliphatic hydroxyl groups is 1. The first kappa shape index (κ1) is 9.93. The maximum atomic E-state index is 13.2. The number of hydrogen-bond acceptors (Lipinski definition) is 2. The molecule has 1 heterocycles. The minimum atomic E-state index is -0.907. The second-order valence-corrected chi connectivity index (χ2v) is 3.43. The van der Waals surface area contributed by atoms with E-state index in [4.69, 9.17) is 4.42 Å². The predicted octanol–water partition coefficient (Wildman–Crippen LogP) is 2.81. The van der Waals surface area contributed by atoms with Gasteiger partial charge < -0.3 is 9.52 Å². The second kappa shape index (κ2) is 3.87. The van der Waals surface area contributed by atoms with Gasteiger partial charge in [-0.15, -0.1) is 0 Å². The van der Waals surface area contributed by atoms with Crippen LogP contribution in [0.15, 0.2) is 41.0 Å². The van der Waals surface area contributed by atoms with Crippen LogP contribution in [0.5, 0.6) is 0 Å². The molecule has 1 N–H and O–H groups in total. The summed E-state index contributed by atoms with van der Waals surface area (Å²) in [6.45, 7) is 1.68. The van der Waals surface area contributed by atoms with Crippen molar-refractivity contribution in [2.24, 2.45) is 0 Å². The SMILES string of the molecule is Cc1ccc([C@@H](O)c2ccco2)cc1F. The molecular weight excluding hydrogens is 195 g/mol. The Bertz CT molecular complexity index is 449. The second-order valence-electron chi connectivity index (χ2n) is 3.43. The van der Waals surface area contributed by atoms with Crippen molar-refractivity contribution in [3.05, 3.63) is 59.3 Å². The van der Waals surface area contributed by atoms with Gasteiger partial charge in [-0.05, 0) is 36.2 Å². The Balaban J connectivity index is 2.34. The highest BCUT2D eigenvalue weighted by Gasteiger charge is 2.13. The molecule has 2 nitrogen and oxygen atoms in total. The third kappa shape index (κ3) is 1.92. The first-order valence-electron chi connectivity index (χ1n) is 4.66. The minimum absolute atomic E-state index is 0.321. The molecule has 0 fully saturated rings. The molecule has 0 amide bonds. The number of benzene rings is 1. The smallest absolute Gasteiger partial charge is 0.137 e. The van der Waals surface area contributed by atoms with Gasteiger partial charge in [-0.2, -0.15) is 0 Å². The van der Waals surface area contributed by atoms with E-state index in [0.29, 0.717) is 16.9 Å².